The van der Waals surface area contributed by atoms with Gasteiger partial charge in [0.05, 0.1) is 18.1 Å². The van der Waals surface area contributed by atoms with Crippen molar-refractivity contribution in [1.82, 2.24) is 0 Å². The summed E-state index contributed by atoms with van der Waals surface area (Å²) in [5, 5.41) is 22.5. The number of carbonyl (C=O) groups is 1. The summed E-state index contributed by atoms with van der Waals surface area (Å²) in [5.74, 6) is -0.331. The lowest BCUT2D eigenvalue weighted by molar-refractivity contribution is -0.286. The van der Waals surface area contributed by atoms with Crippen molar-refractivity contribution in [3.63, 3.8) is 0 Å². The minimum Gasteiger partial charge on any atom is -0.395 e. The van der Waals surface area contributed by atoms with Crippen LogP contribution in [0.3, 0.4) is 0 Å². The summed E-state index contributed by atoms with van der Waals surface area (Å²) in [7, 11) is 0. The first-order valence-corrected chi connectivity index (χ1v) is 11.8. The number of alkyl halides is 2. The Balaban J connectivity index is 1.38. The maximum atomic E-state index is 13.4. The van der Waals surface area contributed by atoms with Crippen molar-refractivity contribution in [3.05, 3.63) is 58.7 Å². The molecule has 0 bridgehead atoms. The van der Waals surface area contributed by atoms with Crippen LogP contribution in [0.4, 0.5) is 14.5 Å². The number of ether oxygens (including phenoxy) is 2. The number of rotatable bonds is 6. The molecule has 1 amide bonds. The largest absolute Gasteiger partial charge is 0.586 e. The monoisotopic (exact) mass is 485 g/mol. The summed E-state index contributed by atoms with van der Waals surface area (Å²) in [5.41, 5.74) is 3.52. The van der Waals surface area contributed by atoms with Gasteiger partial charge in [0.15, 0.2) is 11.5 Å². The summed E-state index contributed by atoms with van der Waals surface area (Å²) in [6.07, 6.45) is -0.777. The van der Waals surface area contributed by atoms with Gasteiger partial charge in [0.1, 0.15) is 0 Å². The molecule has 0 saturated heterocycles. The fraction of sp³-hybridized carbons (Fsp3) is 0.444. The number of hydrogen-bond donors (Lipinski definition) is 3. The first kappa shape index (κ1) is 23.8. The van der Waals surface area contributed by atoms with E-state index < -0.39 is 17.8 Å². The number of aliphatic hydroxyl groups excluding tert-OH is 2. The van der Waals surface area contributed by atoms with Gasteiger partial charge in [-0.2, -0.15) is 0 Å². The average Bonchev–Trinajstić information content (AvgIpc) is 3.42. The molecule has 2 aromatic carbocycles. The molecular formula is C27H29F2NO5. The Morgan fingerprint density at radius 1 is 1.14 bits per heavy atom. The van der Waals surface area contributed by atoms with Gasteiger partial charge >= 0.3 is 6.29 Å². The fourth-order valence-corrected chi connectivity index (χ4v) is 5.14. The Hall–Kier alpha value is -2.97. The topological polar surface area (TPSA) is 88.0 Å². The normalized spacial score (nSPS) is 21.8. The number of amides is 1. The molecule has 3 aliphatic rings. The molecule has 3 N–H and O–H groups in total. The van der Waals surface area contributed by atoms with Gasteiger partial charge in [0.25, 0.3) is 0 Å². The third kappa shape index (κ3) is 4.29. The number of nitrogens with one attached hydrogen (secondary N) is 1. The second-order valence-electron chi connectivity index (χ2n) is 10.7. The van der Waals surface area contributed by atoms with Gasteiger partial charge < -0.3 is 25.0 Å². The van der Waals surface area contributed by atoms with Crippen LogP contribution in [-0.2, 0) is 10.2 Å². The highest BCUT2D eigenvalue weighted by molar-refractivity contribution is 6.01. The predicted octanol–water partition coefficient (Wildman–Crippen LogP) is 4.95. The molecule has 8 heteroatoms. The van der Waals surface area contributed by atoms with Gasteiger partial charge in [0, 0.05) is 11.6 Å². The molecule has 1 aliphatic heterocycles. The predicted molar refractivity (Wildman–Crippen MR) is 127 cm³/mol. The van der Waals surface area contributed by atoms with Crippen LogP contribution in [0.2, 0.25) is 0 Å². The van der Waals surface area contributed by atoms with Crippen molar-refractivity contribution in [2.45, 2.75) is 63.8 Å². The Kier molecular flexibility index (Phi) is 5.45. The minimum atomic E-state index is -3.70. The SMILES string of the molecule is CC(C)(C)C1=Cc2cc(NC(=O)C3(c4ccc5c(c4)OC(F)(F)O5)CC3)ccc2C1C[C@@H](O)CO. The average molecular weight is 486 g/mol. The number of fused-ring (bicyclic) bond motifs is 2. The van der Waals surface area contributed by atoms with E-state index in [9.17, 15) is 23.8 Å². The molecule has 0 radical (unpaired) electrons. The van der Waals surface area contributed by atoms with E-state index in [1.54, 1.807) is 6.07 Å². The molecule has 1 unspecified atom stereocenters. The molecule has 2 aliphatic carbocycles. The van der Waals surface area contributed by atoms with Gasteiger partial charge in [-0.3, -0.25) is 4.79 Å². The minimum absolute atomic E-state index is 0.0153. The lowest BCUT2D eigenvalue weighted by Gasteiger charge is -2.28. The number of allylic oxidation sites excluding steroid dienone is 1. The Bertz CT molecular complexity index is 1210. The lowest BCUT2D eigenvalue weighted by atomic mass is 9.77. The van der Waals surface area contributed by atoms with E-state index in [0.717, 1.165) is 11.1 Å². The van der Waals surface area contributed by atoms with Crippen molar-refractivity contribution in [2.24, 2.45) is 5.41 Å². The Morgan fingerprint density at radius 2 is 1.86 bits per heavy atom. The van der Waals surface area contributed by atoms with E-state index in [4.69, 9.17) is 0 Å². The second-order valence-corrected chi connectivity index (χ2v) is 10.7. The van der Waals surface area contributed by atoms with Crippen molar-refractivity contribution in [3.8, 4) is 11.5 Å². The van der Waals surface area contributed by atoms with Crippen LogP contribution >= 0.6 is 0 Å². The van der Waals surface area contributed by atoms with Crippen molar-refractivity contribution in [2.75, 3.05) is 11.9 Å². The summed E-state index contributed by atoms with van der Waals surface area (Å²) < 4.78 is 35.8. The molecule has 1 fully saturated rings. The Morgan fingerprint density at radius 3 is 2.51 bits per heavy atom. The van der Waals surface area contributed by atoms with E-state index in [1.165, 1.54) is 17.7 Å². The van der Waals surface area contributed by atoms with Crippen LogP contribution < -0.4 is 14.8 Å². The van der Waals surface area contributed by atoms with E-state index in [1.807, 2.05) is 18.2 Å². The van der Waals surface area contributed by atoms with E-state index in [0.29, 0.717) is 30.5 Å². The summed E-state index contributed by atoms with van der Waals surface area (Å²) in [4.78, 5) is 13.3. The highest BCUT2D eigenvalue weighted by Gasteiger charge is 2.53. The van der Waals surface area contributed by atoms with Crippen LogP contribution in [-0.4, -0.2) is 35.1 Å². The number of benzene rings is 2. The molecule has 0 spiro atoms. The van der Waals surface area contributed by atoms with E-state index in [2.05, 4.69) is 41.6 Å². The van der Waals surface area contributed by atoms with Crippen LogP contribution in [0.15, 0.2) is 42.0 Å². The van der Waals surface area contributed by atoms with Gasteiger partial charge in [-0.15, -0.1) is 8.78 Å². The number of carbonyl (C=O) groups excluding carboxylic acids is 1. The number of halogens is 2. The highest BCUT2D eigenvalue weighted by Crippen LogP contribution is 2.53. The molecule has 1 saturated carbocycles. The van der Waals surface area contributed by atoms with Crippen molar-refractivity contribution >= 4 is 17.7 Å². The lowest BCUT2D eigenvalue weighted by Crippen LogP contribution is -2.28. The molecule has 35 heavy (non-hydrogen) atoms. The molecule has 2 atom stereocenters. The van der Waals surface area contributed by atoms with Crippen molar-refractivity contribution in [1.29, 1.82) is 0 Å². The van der Waals surface area contributed by atoms with Gasteiger partial charge in [-0.25, -0.2) is 0 Å². The molecule has 0 aromatic heterocycles. The van der Waals surface area contributed by atoms with Crippen LogP contribution in [0, 0.1) is 5.41 Å². The molecule has 2 aromatic rings. The third-order valence-electron chi connectivity index (χ3n) is 7.13. The maximum Gasteiger partial charge on any atom is 0.586 e. The summed E-state index contributed by atoms with van der Waals surface area (Å²) >= 11 is 0. The third-order valence-corrected chi connectivity index (χ3v) is 7.13. The molecule has 186 valence electrons. The molecule has 5 rings (SSSR count). The summed E-state index contributed by atoms with van der Waals surface area (Å²) in [6.45, 7) is 6.05. The van der Waals surface area contributed by atoms with Gasteiger partial charge in [-0.1, -0.05) is 44.6 Å². The van der Waals surface area contributed by atoms with Crippen LogP contribution in [0.25, 0.3) is 6.08 Å². The second kappa shape index (κ2) is 8.03. The zero-order valence-corrected chi connectivity index (χ0v) is 19.9. The van der Waals surface area contributed by atoms with Gasteiger partial charge in [-0.05, 0) is 65.6 Å². The zero-order chi connectivity index (χ0) is 25.2. The fourth-order valence-electron chi connectivity index (χ4n) is 5.14. The standard InChI is InChI=1S/C27H29F2NO5/c1-25(2,3)21-11-15-10-17(5-6-19(15)20(21)13-18(32)14-31)30-24(33)26(8-9-26)16-4-7-22-23(12-16)35-27(28,29)34-22/h4-7,10-12,18,20,31-32H,8-9,13-14H2,1-3H3,(H,30,33)/t18-,20?/m1/s1. The summed E-state index contributed by atoms with van der Waals surface area (Å²) in [6, 6.07) is 10.2. The molecule has 6 nitrogen and oxygen atoms in total. The van der Waals surface area contributed by atoms with Gasteiger partial charge in [0.2, 0.25) is 5.91 Å². The first-order valence-electron chi connectivity index (χ1n) is 11.8. The zero-order valence-electron chi connectivity index (χ0n) is 19.9. The van der Waals surface area contributed by atoms with E-state index >= 15 is 0 Å². The maximum absolute atomic E-state index is 13.4. The number of aliphatic hydroxyl groups is 2. The Labute approximate surface area is 202 Å². The quantitative estimate of drug-likeness (QED) is 0.539. The number of hydrogen-bond acceptors (Lipinski definition) is 5. The smallest absolute Gasteiger partial charge is 0.395 e. The molecular weight excluding hydrogens is 456 g/mol. The highest BCUT2D eigenvalue weighted by atomic mass is 19.3. The van der Waals surface area contributed by atoms with Crippen molar-refractivity contribution < 1.29 is 33.3 Å². The van der Waals surface area contributed by atoms with Crippen LogP contribution in [0.1, 0.15) is 62.6 Å². The first-order chi connectivity index (χ1) is 16.4. The van der Waals surface area contributed by atoms with E-state index in [-0.39, 0.29) is 35.3 Å². The number of anilines is 1. The molecule has 1 heterocycles. The van der Waals surface area contributed by atoms with Crippen LogP contribution in [0.5, 0.6) is 11.5 Å².